The van der Waals surface area contributed by atoms with Crippen LogP contribution in [0.3, 0.4) is 0 Å². The Balaban J connectivity index is 1.50. The average molecular weight is 424 g/mol. The second-order valence-electron chi connectivity index (χ2n) is 6.78. The van der Waals surface area contributed by atoms with E-state index in [0.29, 0.717) is 28.2 Å². The summed E-state index contributed by atoms with van der Waals surface area (Å²) in [6, 6.07) is 11.4. The number of hydrogen-bond acceptors (Lipinski definition) is 5. The molecule has 0 amide bonds. The summed E-state index contributed by atoms with van der Waals surface area (Å²) in [4.78, 5) is 2.48. The van der Waals surface area contributed by atoms with Crippen molar-refractivity contribution in [3.63, 3.8) is 0 Å². The van der Waals surface area contributed by atoms with Crippen LogP contribution in [0.5, 0.6) is 11.5 Å². The van der Waals surface area contributed by atoms with Crippen molar-refractivity contribution < 1.29 is 9.47 Å². The van der Waals surface area contributed by atoms with Crippen LogP contribution >= 0.6 is 23.2 Å². The number of rotatable bonds is 9. The van der Waals surface area contributed by atoms with Gasteiger partial charge in [0, 0.05) is 61.4 Å². The number of piperazine rings is 1. The molecule has 0 spiro atoms. The van der Waals surface area contributed by atoms with Gasteiger partial charge in [-0.1, -0.05) is 35.3 Å². The van der Waals surface area contributed by atoms with Crippen LogP contribution in [0.4, 0.5) is 0 Å². The van der Waals surface area contributed by atoms with Crippen LogP contribution in [0.25, 0.3) is 0 Å². The van der Waals surface area contributed by atoms with Gasteiger partial charge in [-0.2, -0.15) is 0 Å². The minimum absolute atomic E-state index is 0.356. The minimum Gasteiger partial charge on any atom is -0.493 e. The largest absolute Gasteiger partial charge is 0.493 e. The Bertz CT molecular complexity index is 767. The molecule has 1 aliphatic heterocycles. The molecule has 0 aliphatic carbocycles. The Kier molecular flexibility index (Phi) is 8.25. The summed E-state index contributed by atoms with van der Waals surface area (Å²) in [5, 5.41) is 8.08. The molecule has 0 unspecified atom stereocenters. The molecule has 1 saturated heterocycles. The fraction of sp³-hybridized carbons (Fsp3) is 0.429. The molecule has 1 heterocycles. The summed E-state index contributed by atoms with van der Waals surface area (Å²) in [6.45, 7) is 7.61. The highest BCUT2D eigenvalue weighted by Crippen LogP contribution is 2.30. The zero-order valence-electron chi connectivity index (χ0n) is 16.1. The summed E-state index contributed by atoms with van der Waals surface area (Å²) in [5.74, 6) is 1.41. The molecule has 0 radical (unpaired) electrons. The summed E-state index contributed by atoms with van der Waals surface area (Å²) in [5.41, 5.74) is 2.04. The summed E-state index contributed by atoms with van der Waals surface area (Å²) < 4.78 is 11.4. The number of methoxy groups -OCH3 is 1. The SMILES string of the molecule is COc1cc(CNCCN2CCNCC2)ccc1OCc1ccc(Cl)cc1Cl. The Labute approximate surface area is 176 Å². The molecular formula is C21H27Cl2N3O2. The summed E-state index contributed by atoms with van der Waals surface area (Å²) >= 11 is 12.1. The van der Waals surface area contributed by atoms with Crippen LogP contribution in [0.15, 0.2) is 36.4 Å². The van der Waals surface area contributed by atoms with E-state index in [1.54, 1.807) is 19.2 Å². The molecule has 28 heavy (non-hydrogen) atoms. The van der Waals surface area contributed by atoms with E-state index in [2.05, 4.69) is 21.6 Å². The van der Waals surface area contributed by atoms with Crippen molar-refractivity contribution in [1.29, 1.82) is 0 Å². The molecule has 2 aromatic rings. The normalized spacial score (nSPS) is 14.8. The van der Waals surface area contributed by atoms with Gasteiger partial charge in [-0.05, 0) is 29.8 Å². The zero-order valence-corrected chi connectivity index (χ0v) is 17.7. The van der Waals surface area contributed by atoms with Crippen LogP contribution in [-0.4, -0.2) is 51.3 Å². The standard InChI is InChI=1S/C21H27Cl2N3O2/c1-27-21-12-16(14-25-8-11-26-9-6-24-7-10-26)2-5-20(21)28-15-17-3-4-18(22)13-19(17)23/h2-5,12-13,24-25H,6-11,14-15H2,1H3. The van der Waals surface area contributed by atoms with Crippen molar-refractivity contribution in [1.82, 2.24) is 15.5 Å². The van der Waals surface area contributed by atoms with Crippen LogP contribution in [0, 0.1) is 0 Å². The molecule has 3 rings (SSSR count). The highest BCUT2D eigenvalue weighted by atomic mass is 35.5. The second-order valence-corrected chi connectivity index (χ2v) is 7.62. The molecule has 1 aliphatic rings. The van der Waals surface area contributed by atoms with Gasteiger partial charge in [0.25, 0.3) is 0 Å². The van der Waals surface area contributed by atoms with Gasteiger partial charge in [-0.3, -0.25) is 4.90 Å². The molecule has 1 fully saturated rings. The van der Waals surface area contributed by atoms with E-state index in [-0.39, 0.29) is 0 Å². The van der Waals surface area contributed by atoms with Gasteiger partial charge in [0.1, 0.15) is 6.61 Å². The van der Waals surface area contributed by atoms with Gasteiger partial charge < -0.3 is 20.1 Å². The topological polar surface area (TPSA) is 45.8 Å². The number of nitrogens with zero attached hydrogens (tertiary/aromatic N) is 1. The fourth-order valence-corrected chi connectivity index (χ4v) is 3.60. The Morgan fingerprint density at radius 2 is 1.89 bits per heavy atom. The van der Waals surface area contributed by atoms with Crippen molar-refractivity contribution in [3.05, 3.63) is 57.6 Å². The first-order valence-corrected chi connectivity index (χ1v) is 10.3. The van der Waals surface area contributed by atoms with E-state index in [0.717, 1.165) is 56.9 Å². The smallest absolute Gasteiger partial charge is 0.161 e. The third-order valence-electron chi connectivity index (χ3n) is 4.77. The van der Waals surface area contributed by atoms with Crippen molar-refractivity contribution >= 4 is 23.2 Å². The van der Waals surface area contributed by atoms with Crippen LogP contribution in [-0.2, 0) is 13.2 Å². The van der Waals surface area contributed by atoms with E-state index >= 15 is 0 Å². The lowest BCUT2D eigenvalue weighted by molar-refractivity contribution is 0.241. The van der Waals surface area contributed by atoms with E-state index < -0.39 is 0 Å². The van der Waals surface area contributed by atoms with Gasteiger partial charge in [0.15, 0.2) is 11.5 Å². The maximum atomic E-state index is 6.21. The Morgan fingerprint density at radius 3 is 2.64 bits per heavy atom. The molecule has 0 bridgehead atoms. The van der Waals surface area contributed by atoms with Gasteiger partial charge in [-0.25, -0.2) is 0 Å². The number of nitrogens with one attached hydrogen (secondary N) is 2. The fourth-order valence-electron chi connectivity index (χ4n) is 3.14. The third kappa shape index (κ3) is 6.26. The Hall–Kier alpha value is -1.50. The summed E-state index contributed by atoms with van der Waals surface area (Å²) in [7, 11) is 1.65. The van der Waals surface area contributed by atoms with Crippen molar-refractivity contribution in [2.24, 2.45) is 0 Å². The van der Waals surface area contributed by atoms with Crippen LogP contribution in [0.1, 0.15) is 11.1 Å². The number of halogens is 2. The first kappa shape index (κ1) is 21.2. The van der Waals surface area contributed by atoms with Crippen molar-refractivity contribution in [2.75, 3.05) is 46.4 Å². The molecule has 0 saturated carbocycles. The zero-order chi connectivity index (χ0) is 19.8. The predicted octanol–water partition coefficient (Wildman–Crippen LogP) is 3.58. The van der Waals surface area contributed by atoms with E-state index in [9.17, 15) is 0 Å². The summed E-state index contributed by atoms with van der Waals surface area (Å²) in [6.07, 6.45) is 0. The average Bonchev–Trinajstić information content (AvgIpc) is 2.72. The number of benzene rings is 2. The van der Waals surface area contributed by atoms with Gasteiger partial charge in [-0.15, -0.1) is 0 Å². The highest BCUT2D eigenvalue weighted by Gasteiger charge is 2.10. The maximum absolute atomic E-state index is 6.21. The maximum Gasteiger partial charge on any atom is 0.161 e. The molecular weight excluding hydrogens is 397 g/mol. The Morgan fingerprint density at radius 1 is 1.07 bits per heavy atom. The highest BCUT2D eigenvalue weighted by molar-refractivity contribution is 6.35. The molecule has 152 valence electrons. The van der Waals surface area contributed by atoms with Gasteiger partial charge in [0.05, 0.1) is 7.11 Å². The molecule has 0 atom stereocenters. The third-order valence-corrected chi connectivity index (χ3v) is 5.36. The predicted molar refractivity (Wildman–Crippen MR) is 115 cm³/mol. The van der Waals surface area contributed by atoms with E-state index in [1.165, 1.54) is 0 Å². The lowest BCUT2D eigenvalue weighted by Crippen LogP contribution is -2.45. The monoisotopic (exact) mass is 423 g/mol. The molecule has 7 heteroatoms. The van der Waals surface area contributed by atoms with Crippen LogP contribution < -0.4 is 20.1 Å². The molecule has 2 N–H and O–H groups in total. The molecule has 2 aromatic carbocycles. The van der Waals surface area contributed by atoms with E-state index in [4.69, 9.17) is 32.7 Å². The molecule has 5 nitrogen and oxygen atoms in total. The lowest BCUT2D eigenvalue weighted by Gasteiger charge is -2.27. The van der Waals surface area contributed by atoms with E-state index in [1.807, 2.05) is 18.2 Å². The minimum atomic E-state index is 0.356. The molecule has 0 aromatic heterocycles. The van der Waals surface area contributed by atoms with Crippen molar-refractivity contribution in [2.45, 2.75) is 13.2 Å². The van der Waals surface area contributed by atoms with Gasteiger partial charge >= 0.3 is 0 Å². The first-order valence-electron chi connectivity index (χ1n) is 9.53. The van der Waals surface area contributed by atoms with Gasteiger partial charge in [0.2, 0.25) is 0 Å². The second kappa shape index (κ2) is 10.9. The number of hydrogen-bond donors (Lipinski definition) is 2. The van der Waals surface area contributed by atoms with Crippen molar-refractivity contribution in [3.8, 4) is 11.5 Å². The lowest BCUT2D eigenvalue weighted by atomic mass is 10.2. The van der Waals surface area contributed by atoms with Crippen LogP contribution in [0.2, 0.25) is 10.0 Å². The quantitative estimate of drug-likeness (QED) is 0.603. The number of ether oxygens (including phenoxy) is 2. The first-order chi connectivity index (χ1) is 13.7.